The summed E-state index contributed by atoms with van der Waals surface area (Å²) in [6, 6.07) is 13.4. The van der Waals surface area contributed by atoms with Crippen LogP contribution in [0, 0.1) is 5.82 Å². The highest BCUT2D eigenvalue weighted by Crippen LogP contribution is 2.17. The molecule has 0 saturated carbocycles. The Morgan fingerprint density at radius 3 is 2.30 bits per heavy atom. The van der Waals surface area contributed by atoms with Crippen LogP contribution in [0.5, 0.6) is 0 Å². The minimum absolute atomic E-state index is 0. The first-order chi connectivity index (χ1) is 10.5. The minimum atomic E-state index is -0.429. The lowest BCUT2D eigenvalue weighted by Gasteiger charge is -2.14. The maximum atomic E-state index is 13.1. The van der Waals surface area contributed by atoms with E-state index in [2.05, 4.69) is 19.2 Å². The molecule has 0 aliphatic heterocycles. The van der Waals surface area contributed by atoms with E-state index in [0.29, 0.717) is 18.0 Å². The van der Waals surface area contributed by atoms with E-state index in [9.17, 15) is 9.18 Å². The van der Waals surface area contributed by atoms with Gasteiger partial charge in [0.15, 0.2) is 0 Å². The Morgan fingerprint density at radius 1 is 1.13 bits per heavy atom. The SMILES string of the molecule is CC(C)c1ccc(C(N)CNC(=O)c2cccc(F)c2)cc1.Cl. The van der Waals surface area contributed by atoms with Gasteiger partial charge in [-0.3, -0.25) is 4.79 Å². The number of rotatable bonds is 5. The van der Waals surface area contributed by atoms with E-state index in [1.807, 2.05) is 24.3 Å². The Bertz CT molecular complexity index is 644. The van der Waals surface area contributed by atoms with E-state index in [-0.39, 0.29) is 24.4 Å². The fourth-order valence-corrected chi connectivity index (χ4v) is 2.18. The van der Waals surface area contributed by atoms with Crippen molar-refractivity contribution in [1.82, 2.24) is 5.32 Å². The van der Waals surface area contributed by atoms with E-state index in [1.165, 1.54) is 23.8 Å². The zero-order chi connectivity index (χ0) is 16.1. The third kappa shape index (κ3) is 5.34. The highest BCUT2D eigenvalue weighted by Gasteiger charge is 2.10. The average Bonchev–Trinajstić information content (AvgIpc) is 2.52. The van der Waals surface area contributed by atoms with Crippen LogP contribution >= 0.6 is 12.4 Å². The van der Waals surface area contributed by atoms with Gasteiger partial charge in [0.2, 0.25) is 0 Å². The molecule has 3 N–H and O–H groups in total. The molecule has 0 spiro atoms. The molecule has 0 fully saturated rings. The second kappa shape index (κ2) is 8.65. The lowest BCUT2D eigenvalue weighted by atomic mass is 9.99. The van der Waals surface area contributed by atoms with E-state index in [1.54, 1.807) is 6.07 Å². The summed E-state index contributed by atoms with van der Waals surface area (Å²) in [5.74, 6) is -0.284. The lowest BCUT2D eigenvalue weighted by Crippen LogP contribution is -2.31. The second-order valence-corrected chi connectivity index (χ2v) is 5.65. The summed E-state index contributed by atoms with van der Waals surface area (Å²) in [5.41, 5.74) is 8.59. The largest absolute Gasteiger partial charge is 0.350 e. The molecule has 0 aliphatic carbocycles. The summed E-state index contributed by atoms with van der Waals surface area (Å²) in [4.78, 5) is 11.9. The van der Waals surface area contributed by atoms with Crippen LogP contribution in [0.3, 0.4) is 0 Å². The van der Waals surface area contributed by atoms with Gasteiger partial charge in [-0.2, -0.15) is 0 Å². The van der Waals surface area contributed by atoms with Crippen LogP contribution in [-0.2, 0) is 0 Å². The molecule has 23 heavy (non-hydrogen) atoms. The molecular formula is C18H22ClFN2O. The van der Waals surface area contributed by atoms with E-state index >= 15 is 0 Å². The molecule has 1 atom stereocenters. The maximum Gasteiger partial charge on any atom is 0.251 e. The zero-order valence-corrected chi connectivity index (χ0v) is 14.1. The van der Waals surface area contributed by atoms with E-state index in [4.69, 9.17) is 5.73 Å². The topological polar surface area (TPSA) is 55.1 Å². The Labute approximate surface area is 142 Å². The van der Waals surface area contributed by atoms with Crippen molar-refractivity contribution in [3.05, 3.63) is 71.0 Å². The Morgan fingerprint density at radius 2 is 1.74 bits per heavy atom. The molecule has 1 unspecified atom stereocenters. The quantitative estimate of drug-likeness (QED) is 0.872. The molecule has 124 valence electrons. The molecule has 2 rings (SSSR count). The van der Waals surface area contributed by atoms with Gasteiger partial charge in [0, 0.05) is 18.2 Å². The fraction of sp³-hybridized carbons (Fsp3) is 0.278. The van der Waals surface area contributed by atoms with Gasteiger partial charge in [0.1, 0.15) is 5.82 Å². The predicted octanol–water partition coefficient (Wildman–Crippen LogP) is 3.80. The van der Waals surface area contributed by atoms with Crippen molar-refractivity contribution in [2.24, 2.45) is 5.73 Å². The summed E-state index contributed by atoms with van der Waals surface area (Å²) in [7, 11) is 0. The molecule has 3 nitrogen and oxygen atoms in total. The molecule has 0 aliphatic rings. The summed E-state index contributed by atoms with van der Waals surface area (Å²) < 4.78 is 13.1. The van der Waals surface area contributed by atoms with Gasteiger partial charge >= 0.3 is 0 Å². The number of nitrogens with one attached hydrogen (secondary N) is 1. The highest BCUT2D eigenvalue weighted by atomic mass is 35.5. The van der Waals surface area contributed by atoms with Gasteiger partial charge in [-0.1, -0.05) is 44.2 Å². The zero-order valence-electron chi connectivity index (χ0n) is 13.3. The van der Waals surface area contributed by atoms with Crippen LogP contribution < -0.4 is 11.1 Å². The second-order valence-electron chi connectivity index (χ2n) is 5.65. The van der Waals surface area contributed by atoms with Gasteiger partial charge in [-0.15, -0.1) is 12.4 Å². The predicted molar refractivity (Wildman–Crippen MR) is 93.4 cm³/mol. The van der Waals surface area contributed by atoms with Crippen LogP contribution in [0.2, 0.25) is 0 Å². The van der Waals surface area contributed by atoms with Crippen molar-refractivity contribution < 1.29 is 9.18 Å². The normalized spacial score (nSPS) is 11.7. The molecule has 0 bridgehead atoms. The van der Waals surface area contributed by atoms with Crippen molar-refractivity contribution in [3.8, 4) is 0 Å². The van der Waals surface area contributed by atoms with Gasteiger partial charge in [0.25, 0.3) is 5.91 Å². The summed E-state index contributed by atoms with van der Waals surface area (Å²) in [6.07, 6.45) is 0. The van der Waals surface area contributed by atoms with Crippen LogP contribution in [0.25, 0.3) is 0 Å². The molecule has 0 saturated heterocycles. The van der Waals surface area contributed by atoms with Crippen LogP contribution in [0.4, 0.5) is 4.39 Å². The molecule has 5 heteroatoms. The number of carbonyl (C=O) groups is 1. The maximum absolute atomic E-state index is 13.1. The third-order valence-corrected chi connectivity index (χ3v) is 3.60. The first-order valence-electron chi connectivity index (χ1n) is 7.36. The highest BCUT2D eigenvalue weighted by molar-refractivity contribution is 5.94. The Kier molecular flexibility index (Phi) is 7.20. The van der Waals surface area contributed by atoms with Gasteiger partial charge in [0.05, 0.1) is 0 Å². The van der Waals surface area contributed by atoms with Crippen molar-refractivity contribution in [2.75, 3.05) is 6.54 Å². The first-order valence-corrected chi connectivity index (χ1v) is 7.36. The molecule has 2 aromatic rings. The summed E-state index contributed by atoms with van der Waals surface area (Å²) in [5, 5.41) is 2.73. The van der Waals surface area contributed by atoms with Crippen molar-refractivity contribution in [3.63, 3.8) is 0 Å². The Balaban J connectivity index is 0.00000264. The van der Waals surface area contributed by atoms with Crippen molar-refractivity contribution in [1.29, 1.82) is 0 Å². The summed E-state index contributed by atoms with van der Waals surface area (Å²) in [6.45, 7) is 4.57. The molecule has 0 heterocycles. The molecular weight excluding hydrogens is 315 g/mol. The molecule has 2 aromatic carbocycles. The number of benzene rings is 2. The molecule has 0 aromatic heterocycles. The Hall–Kier alpha value is -1.91. The average molecular weight is 337 g/mol. The first kappa shape index (κ1) is 19.1. The van der Waals surface area contributed by atoms with Gasteiger partial charge in [-0.05, 0) is 35.2 Å². The molecule has 0 radical (unpaired) electrons. The third-order valence-electron chi connectivity index (χ3n) is 3.60. The standard InChI is InChI=1S/C18H21FN2O.ClH/c1-12(2)13-6-8-14(9-7-13)17(20)11-21-18(22)15-4-3-5-16(19)10-15;/h3-10,12,17H,11,20H2,1-2H3,(H,21,22);1H. The van der Waals surface area contributed by atoms with E-state index < -0.39 is 5.82 Å². The van der Waals surface area contributed by atoms with Gasteiger partial charge in [-0.25, -0.2) is 4.39 Å². The summed E-state index contributed by atoms with van der Waals surface area (Å²) >= 11 is 0. The fourth-order valence-electron chi connectivity index (χ4n) is 2.18. The van der Waals surface area contributed by atoms with Crippen LogP contribution in [-0.4, -0.2) is 12.5 Å². The number of halogens is 2. The molecule has 1 amide bonds. The van der Waals surface area contributed by atoms with Gasteiger partial charge < -0.3 is 11.1 Å². The van der Waals surface area contributed by atoms with Crippen LogP contribution in [0.15, 0.2) is 48.5 Å². The number of hydrogen-bond donors (Lipinski definition) is 2. The minimum Gasteiger partial charge on any atom is -0.350 e. The number of amides is 1. The van der Waals surface area contributed by atoms with E-state index in [0.717, 1.165) is 5.56 Å². The lowest BCUT2D eigenvalue weighted by molar-refractivity contribution is 0.0950. The number of carbonyl (C=O) groups excluding carboxylic acids is 1. The number of hydrogen-bond acceptors (Lipinski definition) is 2. The van der Waals surface area contributed by atoms with Crippen LogP contribution in [0.1, 0.15) is 47.3 Å². The number of nitrogens with two attached hydrogens (primary N) is 1. The van der Waals surface area contributed by atoms with Crippen molar-refractivity contribution in [2.45, 2.75) is 25.8 Å². The van der Waals surface area contributed by atoms with Crippen molar-refractivity contribution >= 4 is 18.3 Å². The smallest absolute Gasteiger partial charge is 0.251 e. The monoisotopic (exact) mass is 336 g/mol.